The average molecular weight is 458 g/mol. The predicted molar refractivity (Wildman–Crippen MR) is 127 cm³/mol. The molecule has 2 aromatic carbocycles. The van der Waals surface area contributed by atoms with Crippen molar-refractivity contribution in [2.45, 2.75) is 12.8 Å². The van der Waals surface area contributed by atoms with Crippen LogP contribution in [-0.4, -0.2) is 27.9 Å². The van der Waals surface area contributed by atoms with Gasteiger partial charge in [-0.05, 0) is 55.3 Å². The Bertz CT molecular complexity index is 1250. The first-order valence-corrected chi connectivity index (χ1v) is 10.5. The van der Waals surface area contributed by atoms with Crippen molar-refractivity contribution < 1.29 is 19.1 Å². The molecule has 0 bridgehead atoms. The molecule has 10 heteroatoms. The summed E-state index contributed by atoms with van der Waals surface area (Å²) in [4.78, 5) is 35.3. The summed E-state index contributed by atoms with van der Waals surface area (Å²) in [5.74, 6) is 0.114. The monoisotopic (exact) mass is 458 g/mol. The number of rotatable bonds is 9. The highest BCUT2D eigenvalue weighted by Gasteiger charge is 2.30. The molecule has 0 radical (unpaired) electrons. The largest absolute Gasteiger partial charge is 0.457 e. The number of hydrogen-bond acceptors (Lipinski definition) is 7. The van der Waals surface area contributed by atoms with Crippen molar-refractivity contribution in [2.24, 2.45) is 11.7 Å². The van der Waals surface area contributed by atoms with Gasteiger partial charge in [0.2, 0.25) is 11.8 Å². The lowest BCUT2D eigenvalue weighted by Gasteiger charge is -2.13. The van der Waals surface area contributed by atoms with Gasteiger partial charge in [0.15, 0.2) is 11.5 Å². The van der Waals surface area contributed by atoms with Crippen LogP contribution < -0.4 is 26.4 Å². The van der Waals surface area contributed by atoms with Gasteiger partial charge in [-0.3, -0.25) is 14.4 Å². The summed E-state index contributed by atoms with van der Waals surface area (Å²) in [6, 6.07) is 15.4. The van der Waals surface area contributed by atoms with Gasteiger partial charge >= 0.3 is 0 Å². The zero-order valence-electron chi connectivity index (χ0n) is 18.1. The van der Waals surface area contributed by atoms with Crippen LogP contribution in [-0.2, 0) is 9.59 Å². The smallest absolute Gasteiger partial charge is 0.271 e. The molecule has 1 aliphatic carbocycles. The normalized spacial score (nSPS) is 12.4. The van der Waals surface area contributed by atoms with Crippen LogP contribution in [0.15, 0.2) is 67.3 Å². The summed E-state index contributed by atoms with van der Waals surface area (Å²) in [5, 5.41) is 16.2. The van der Waals surface area contributed by atoms with Crippen LogP contribution in [0.4, 0.5) is 22.9 Å². The number of carbonyl (C=O) groups is 3. The zero-order valence-corrected chi connectivity index (χ0v) is 18.1. The summed E-state index contributed by atoms with van der Waals surface area (Å²) < 4.78 is 5.88. The lowest BCUT2D eigenvalue weighted by molar-refractivity contribution is -0.117. The third-order valence-electron chi connectivity index (χ3n) is 4.88. The van der Waals surface area contributed by atoms with Crippen molar-refractivity contribution in [3.05, 3.63) is 72.9 Å². The van der Waals surface area contributed by atoms with Crippen molar-refractivity contribution in [1.82, 2.24) is 10.2 Å². The third kappa shape index (κ3) is 5.74. The predicted octanol–water partition coefficient (Wildman–Crippen LogP) is 3.58. The van der Waals surface area contributed by atoms with E-state index >= 15 is 0 Å². The molecule has 0 aliphatic heterocycles. The van der Waals surface area contributed by atoms with Gasteiger partial charge in [-0.25, -0.2) is 0 Å². The van der Waals surface area contributed by atoms with Gasteiger partial charge in [-0.2, -0.15) is 0 Å². The van der Waals surface area contributed by atoms with Gasteiger partial charge in [-0.15, -0.1) is 10.2 Å². The molecule has 34 heavy (non-hydrogen) atoms. The number of ether oxygens (including phenoxy) is 1. The minimum atomic E-state index is -0.758. The summed E-state index contributed by atoms with van der Waals surface area (Å²) in [6.07, 6.45) is 2.89. The number of aromatic nitrogens is 2. The maximum Gasteiger partial charge on any atom is 0.271 e. The van der Waals surface area contributed by atoms with Gasteiger partial charge in [0, 0.05) is 29.4 Å². The van der Waals surface area contributed by atoms with E-state index in [9.17, 15) is 14.4 Å². The zero-order chi connectivity index (χ0) is 24.1. The highest BCUT2D eigenvalue weighted by Crippen LogP contribution is 2.31. The van der Waals surface area contributed by atoms with Gasteiger partial charge in [0.25, 0.3) is 5.91 Å². The van der Waals surface area contributed by atoms with Gasteiger partial charge < -0.3 is 26.4 Å². The van der Waals surface area contributed by atoms with Crippen molar-refractivity contribution in [3.63, 3.8) is 0 Å². The second kappa shape index (κ2) is 9.82. The molecule has 1 aliphatic rings. The Kier molecular flexibility index (Phi) is 6.49. The Hall–Kier alpha value is -4.73. The van der Waals surface area contributed by atoms with Crippen molar-refractivity contribution in [2.75, 3.05) is 16.0 Å². The van der Waals surface area contributed by atoms with Crippen LogP contribution in [0, 0.1) is 5.92 Å². The van der Waals surface area contributed by atoms with Crippen LogP contribution in [0.5, 0.6) is 11.5 Å². The number of carbonyl (C=O) groups excluding carboxylic acids is 3. The molecule has 3 amide bonds. The lowest BCUT2D eigenvalue weighted by atomic mass is 10.2. The fourth-order valence-corrected chi connectivity index (χ4v) is 3.03. The molecule has 0 atom stereocenters. The number of primary amides is 1. The van der Waals surface area contributed by atoms with Crippen LogP contribution in [0.2, 0.25) is 0 Å². The van der Waals surface area contributed by atoms with E-state index in [4.69, 9.17) is 10.5 Å². The Morgan fingerprint density at radius 1 is 0.971 bits per heavy atom. The first-order valence-electron chi connectivity index (χ1n) is 10.5. The average Bonchev–Trinajstić information content (AvgIpc) is 3.66. The number of anilines is 4. The molecule has 172 valence electrons. The van der Waals surface area contributed by atoms with Gasteiger partial charge in [0.05, 0.1) is 5.69 Å². The van der Waals surface area contributed by atoms with Crippen molar-refractivity contribution in [1.29, 1.82) is 0 Å². The fraction of sp³-hybridized carbons (Fsp3) is 0.125. The number of amides is 3. The van der Waals surface area contributed by atoms with Crippen LogP contribution >= 0.6 is 0 Å². The molecule has 1 saturated carbocycles. The summed E-state index contributed by atoms with van der Waals surface area (Å²) in [6.45, 7) is 3.42. The molecular formula is C24H22N6O4. The van der Waals surface area contributed by atoms with Gasteiger partial charge in [0.1, 0.15) is 11.5 Å². The molecule has 3 aromatic rings. The maximum atomic E-state index is 12.0. The Labute approximate surface area is 195 Å². The lowest BCUT2D eigenvalue weighted by Crippen LogP contribution is -2.19. The highest BCUT2D eigenvalue weighted by atomic mass is 16.5. The first kappa shape index (κ1) is 22.5. The summed E-state index contributed by atoms with van der Waals surface area (Å²) in [5.41, 5.74) is 6.88. The van der Waals surface area contributed by atoms with E-state index in [1.54, 1.807) is 48.5 Å². The maximum absolute atomic E-state index is 12.0. The number of benzene rings is 2. The van der Waals surface area contributed by atoms with E-state index in [-0.39, 0.29) is 29.2 Å². The molecule has 0 saturated heterocycles. The Balaban J connectivity index is 1.49. The SMILES string of the molecule is C=CC(=O)Nc1ccc(Oc2cccc(Nc3cc(NC(=O)C4CC4)nnc3C(N)=O)c2)cc1. The van der Waals surface area contributed by atoms with Crippen molar-refractivity contribution >= 4 is 40.6 Å². The third-order valence-corrected chi connectivity index (χ3v) is 4.88. The topological polar surface area (TPSA) is 148 Å². The first-order chi connectivity index (χ1) is 16.4. The molecule has 0 spiro atoms. The van der Waals surface area contributed by atoms with E-state index in [0.29, 0.717) is 28.6 Å². The molecule has 5 N–H and O–H groups in total. The molecule has 1 heterocycles. The number of nitrogens with two attached hydrogens (primary N) is 1. The van der Waals surface area contributed by atoms with Crippen LogP contribution in [0.25, 0.3) is 0 Å². The molecule has 4 rings (SSSR count). The summed E-state index contributed by atoms with van der Waals surface area (Å²) >= 11 is 0. The molecule has 10 nitrogen and oxygen atoms in total. The van der Waals surface area contributed by atoms with Crippen LogP contribution in [0.1, 0.15) is 23.3 Å². The van der Waals surface area contributed by atoms with E-state index in [1.165, 1.54) is 12.1 Å². The van der Waals surface area contributed by atoms with E-state index < -0.39 is 5.91 Å². The number of nitrogens with zero attached hydrogens (tertiary/aromatic N) is 2. The minimum Gasteiger partial charge on any atom is -0.457 e. The second-order valence-electron chi connectivity index (χ2n) is 7.59. The minimum absolute atomic E-state index is 0.00446. The summed E-state index contributed by atoms with van der Waals surface area (Å²) in [7, 11) is 0. The Morgan fingerprint density at radius 2 is 1.74 bits per heavy atom. The van der Waals surface area contributed by atoms with Crippen LogP contribution in [0.3, 0.4) is 0 Å². The quantitative estimate of drug-likeness (QED) is 0.358. The molecule has 0 unspecified atom stereocenters. The fourth-order valence-electron chi connectivity index (χ4n) is 3.03. The molecule has 1 fully saturated rings. The van der Waals surface area contributed by atoms with Gasteiger partial charge in [-0.1, -0.05) is 12.6 Å². The standard InChI is InChI=1S/C24H22N6O4/c1-2-21(31)27-15-8-10-17(11-9-15)34-18-5-3-4-16(12-18)26-19-13-20(28-24(33)14-6-7-14)29-30-22(19)23(25)32/h2-5,8-14H,1,6-7H2,(H2,25,32)(H,27,31)(H2,26,28,29,33). The molecular weight excluding hydrogens is 436 g/mol. The second-order valence-corrected chi connectivity index (χ2v) is 7.59. The van der Waals surface area contributed by atoms with E-state index in [1.807, 2.05) is 0 Å². The van der Waals surface area contributed by atoms with E-state index in [2.05, 4.69) is 32.7 Å². The highest BCUT2D eigenvalue weighted by molar-refractivity contribution is 5.99. The molecule has 1 aromatic heterocycles. The van der Waals surface area contributed by atoms with Crippen molar-refractivity contribution in [3.8, 4) is 11.5 Å². The number of nitrogens with one attached hydrogen (secondary N) is 3. The van der Waals surface area contributed by atoms with E-state index in [0.717, 1.165) is 12.8 Å². The Morgan fingerprint density at radius 3 is 2.41 bits per heavy atom. The number of hydrogen-bond donors (Lipinski definition) is 4.